The highest BCUT2D eigenvalue weighted by Gasteiger charge is 2.21. The summed E-state index contributed by atoms with van der Waals surface area (Å²) in [5, 5.41) is 0. The number of hydrogen-bond donors (Lipinski definition) is 0. The summed E-state index contributed by atoms with van der Waals surface area (Å²) in [4.78, 5) is 4.39. The van der Waals surface area contributed by atoms with Gasteiger partial charge in [0.25, 0.3) is 0 Å². The predicted octanol–water partition coefficient (Wildman–Crippen LogP) is 7.32. The summed E-state index contributed by atoms with van der Waals surface area (Å²) in [5.41, 5.74) is 5.49. The van der Waals surface area contributed by atoms with Gasteiger partial charge in [0.2, 0.25) is 0 Å². The summed E-state index contributed by atoms with van der Waals surface area (Å²) in [6.45, 7) is 10.2. The van der Waals surface area contributed by atoms with Crippen molar-refractivity contribution in [1.82, 2.24) is 0 Å². The van der Waals surface area contributed by atoms with Gasteiger partial charge in [-0.2, -0.15) is 0 Å². The maximum atomic E-state index is 4.39. The van der Waals surface area contributed by atoms with Gasteiger partial charge < -0.3 is 0 Å². The van der Waals surface area contributed by atoms with Gasteiger partial charge in [0, 0.05) is 12.1 Å². The molecule has 0 aliphatic heterocycles. The van der Waals surface area contributed by atoms with Crippen LogP contribution in [0.2, 0.25) is 0 Å². The van der Waals surface area contributed by atoms with Crippen molar-refractivity contribution < 1.29 is 0 Å². The lowest BCUT2D eigenvalue weighted by Gasteiger charge is -2.26. The van der Waals surface area contributed by atoms with Gasteiger partial charge in [-0.05, 0) is 55.0 Å². The molecule has 1 aliphatic rings. The summed E-state index contributed by atoms with van der Waals surface area (Å²) in [7, 11) is 0. The third kappa shape index (κ3) is 5.63. The summed E-state index contributed by atoms with van der Waals surface area (Å²) in [6.07, 6.45) is 6.82. The van der Waals surface area contributed by atoms with E-state index >= 15 is 0 Å². The molecule has 0 saturated heterocycles. The van der Waals surface area contributed by atoms with Crippen molar-refractivity contribution in [3.63, 3.8) is 0 Å². The highest BCUT2D eigenvalue weighted by atomic mass is 14.7. The minimum Gasteiger partial charge on any atom is -0.262 e. The van der Waals surface area contributed by atoms with E-state index in [9.17, 15) is 0 Å². The van der Waals surface area contributed by atoms with E-state index in [-0.39, 0.29) is 0 Å². The molecule has 0 aromatic heterocycles. The second-order valence-electron chi connectivity index (χ2n) is 5.83. The Labute approximate surface area is 148 Å². The molecule has 0 bridgehead atoms. The highest BCUT2D eigenvalue weighted by Crippen LogP contribution is 2.37. The van der Waals surface area contributed by atoms with Crippen LogP contribution < -0.4 is 0 Å². The maximum Gasteiger partial charge on any atom is 0.0628 e. The van der Waals surface area contributed by atoms with Crippen molar-refractivity contribution in [3.8, 4) is 0 Å². The topological polar surface area (TPSA) is 12.4 Å². The summed E-state index contributed by atoms with van der Waals surface area (Å²) < 4.78 is 0. The van der Waals surface area contributed by atoms with E-state index < -0.39 is 0 Å². The zero-order valence-corrected chi connectivity index (χ0v) is 16.0. The number of hydrogen-bond acceptors (Lipinski definition) is 1. The Morgan fingerprint density at radius 1 is 1.04 bits per heavy atom. The number of benzene rings is 2. The van der Waals surface area contributed by atoms with Crippen molar-refractivity contribution in [2.75, 3.05) is 0 Å². The number of fused-ring (bicyclic) bond motifs is 1. The standard InChI is InChI=1S/C18H19N.C3H8.C2H6/c1-2-19-16-11-12-18-15(13-16)9-6-10-17(18)14-7-4-3-5-8-14;1-3-2;1-2/h2-5,7-8,11-13,17H,6,9-10H2,1H3;3H2,1-2H3;1-2H3. The molecule has 2 aromatic carbocycles. The maximum absolute atomic E-state index is 4.39. The van der Waals surface area contributed by atoms with Crippen LogP contribution in [0.1, 0.15) is 76.5 Å². The normalized spacial score (nSPS) is 15.6. The van der Waals surface area contributed by atoms with Gasteiger partial charge in [0.15, 0.2) is 0 Å². The largest absolute Gasteiger partial charge is 0.262 e. The SMILES string of the molecule is CC.CC=Nc1ccc2c(c1)CCCC2c1ccccc1.CCC. The Morgan fingerprint density at radius 3 is 2.33 bits per heavy atom. The molecule has 0 amide bonds. The summed E-state index contributed by atoms with van der Waals surface area (Å²) in [5.74, 6) is 0.560. The molecule has 2 aromatic rings. The fourth-order valence-corrected chi connectivity index (χ4v) is 3.06. The van der Waals surface area contributed by atoms with Crippen molar-refractivity contribution in [2.45, 2.75) is 66.2 Å². The first-order valence-electron chi connectivity index (χ1n) is 9.46. The minimum absolute atomic E-state index is 0.560. The van der Waals surface area contributed by atoms with E-state index in [0.717, 1.165) is 5.69 Å². The lowest BCUT2D eigenvalue weighted by Crippen LogP contribution is -2.10. The van der Waals surface area contributed by atoms with Crippen molar-refractivity contribution in [3.05, 3.63) is 65.2 Å². The molecule has 0 heterocycles. The Kier molecular flexibility index (Phi) is 9.76. The molecular formula is C23H33N. The van der Waals surface area contributed by atoms with Crippen LogP contribution in [-0.4, -0.2) is 6.21 Å². The Bertz CT molecular complexity index is 599. The third-order valence-electron chi connectivity index (χ3n) is 3.92. The van der Waals surface area contributed by atoms with E-state index in [4.69, 9.17) is 0 Å². The van der Waals surface area contributed by atoms with Crippen LogP contribution >= 0.6 is 0 Å². The fourth-order valence-electron chi connectivity index (χ4n) is 3.06. The second kappa shape index (κ2) is 11.6. The molecule has 1 aliphatic carbocycles. The van der Waals surface area contributed by atoms with Crippen LogP contribution in [0.3, 0.4) is 0 Å². The summed E-state index contributed by atoms with van der Waals surface area (Å²) >= 11 is 0. The van der Waals surface area contributed by atoms with Gasteiger partial charge in [-0.1, -0.05) is 70.5 Å². The van der Waals surface area contributed by atoms with Crippen LogP contribution in [0.15, 0.2) is 53.5 Å². The van der Waals surface area contributed by atoms with Gasteiger partial charge in [-0.25, -0.2) is 0 Å². The van der Waals surface area contributed by atoms with Crippen LogP contribution in [0.5, 0.6) is 0 Å². The number of aryl methyl sites for hydroxylation is 1. The van der Waals surface area contributed by atoms with Gasteiger partial charge >= 0.3 is 0 Å². The molecular weight excluding hydrogens is 290 g/mol. The fraction of sp³-hybridized carbons (Fsp3) is 0.435. The zero-order chi connectivity index (χ0) is 17.8. The molecule has 0 saturated carbocycles. The molecule has 1 nitrogen and oxygen atoms in total. The number of nitrogens with zero attached hydrogens (tertiary/aromatic N) is 1. The number of rotatable bonds is 2. The van der Waals surface area contributed by atoms with E-state index in [0.29, 0.717) is 5.92 Å². The molecule has 0 fully saturated rings. The molecule has 0 N–H and O–H groups in total. The quantitative estimate of drug-likeness (QED) is 0.513. The van der Waals surface area contributed by atoms with Gasteiger partial charge in [0.1, 0.15) is 0 Å². The zero-order valence-electron chi connectivity index (χ0n) is 16.0. The van der Waals surface area contributed by atoms with E-state index in [1.54, 1.807) is 0 Å². The van der Waals surface area contributed by atoms with Gasteiger partial charge in [0.05, 0.1) is 5.69 Å². The first-order chi connectivity index (χ1) is 11.8. The first kappa shape index (κ1) is 20.2. The van der Waals surface area contributed by atoms with Crippen LogP contribution in [0.25, 0.3) is 0 Å². The lowest BCUT2D eigenvalue weighted by atomic mass is 9.79. The van der Waals surface area contributed by atoms with Crippen LogP contribution in [0, 0.1) is 0 Å². The molecule has 24 heavy (non-hydrogen) atoms. The number of aliphatic imine (C=N–C) groups is 1. The highest BCUT2D eigenvalue weighted by molar-refractivity contribution is 5.61. The van der Waals surface area contributed by atoms with Gasteiger partial charge in [-0.15, -0.1) is 0 Å². The first-order valence-corrected chi connectivity index (χ1v) is 9.46. The van der Waals surface area contributed by atoms with Gasteiger partial charge in [-0.3, -0.25) is 4.99 Å². The van der Waals surface area contributed by atoms with E-state index in [1.807, 2.05) is 27.0 Å². The Balaban J connectivity index is 0.000000521. The predicted molar refractivity (Wildman–Crippen MR) is 109 cm³/mol. The molecule has 1 unspecified atom stereocenters. The van der Waals surface area contributed by atoms with Crippen molar-refractivity contribution >= 4 is 11.9 Å². The molecule has 0 radical (unpaired) electrons. The van der Waals surface area contributed by atoms with E-state index in [1.165, 1.54) is 42.4 Å². The average molecular weight is 324 g/mol. The molecule has 130 valence electrons. The average Bonchev–Trinajstić information content (AvgIpc) is 2.64. The molecule has 0 spiro atoms. The third-order valence-corrected chi connectivity index (χ3v) is 3.92. The van der Waals surface area contributed by atoms with Crippen molar-refractivity contribution in [2.24, 2.45) is 4.99 Å². The van der Waals surface area contributed by atoms with Crippen molar-refractivity contribution in [1.29, 1.82) is 0 Å². The molecule has 1 atom stereocenters. The van der Waals surface area contributed by atoms with Crippen LogP contribution in [-0.2, 0) is 6.42 Å². The lowest BCUT2D eigenvalue weighted by molar-refractivity contribution is 0.616. The van der Waals surface area contributed by atoms with E-state index in [2.05, 4.69) is 67.4 Å². The smallest absolute Gasteiger partial charge is 0.0628 e. The summed E-state index contributed by atoms with van der Waals surface area (Å²) in [6, 6.07) is 17.5. The second-order valence-corrected chi connectivity index (χ2v) is 5.83. The Morgan fingerprint density at radius 2 is 1.71 bits per heavy atom. The molecule has 3 rings (SSSR count). The molecule has 1 heteroatoms. The monoisotopic (exact) mass is 323 g/mol. The minimum atomic E-state index is 0.560. The Hall–Kier alpha value is -1.89. The van der Waals surface area contributed by atoms with Crippen LogP contribution in [0.4, 0.5) is 5.69 Å².